The molecule has 2 N–H and O–H groups in total. The average molecular weight is 549 g/mol. The molecule has 0 saturated carbocycles. The summed E-state index contributed by atoms with van der Waals surface area (Å²) >= 11 is 0. The summed E-state index contributed by atoms with van der Waals surface area (Å²) in [7, 11) is 1.42. The number of rotatable bonds is 6. The minimum absolute atomic E-state index is 0.0660. The number of halogens is 4. The Bertz CT molecular complexity index is 1760. The molecular weight excluding hydrogens is 524 g/mol. The van der Waals surface area contributed by atoms with Crippen molar-refractivity contribution in [3.8, 4) is 22.4 Å². The van der Waals surface area contributed by atoms with Crippen LogP contribution in [0.2, 0.25) is 0 Å². The molecule has 0 radical (unpaired) electrons. The summed E-state index contributed by atoms with van der Waals surface area (Å²) in [5, 5.41) is 2.89. The third kappa shape index (κ3) is 5.38. The first kappa shape index (κ1) is 26.9. The molecule has 40 heavy (non-hydrogen) atoms. The number of hydrogen-bond acceptors (Lipinski definition) is 3. The first-order chi connectivity index (χ1) is 19.0. The van der Waals surface area contributed by atoms with E-state index in [9.17, 15) is 27.2 Å². The van der Waals surface area contributed by atoms with Crippen LogP contribution in [-0.2, 0) is 18.3 Å². The first-order valence-corrected chi connectivity index (χ1v) is 12.4. The Kier molecular flexibility index (Phi) is 7.01. The van der Waals surface area contributed by atoms with Gasteiger partial charge < -0.3 is 14.9 Å². The van der Waals surface area contributed by atoms with Crippen LogP contribution in [0.1, 0.15) is 24.0 Å². The van der Waals surface area contributed by atoms with E-state index in [1.54, 1.807) is 49.4 Å². The van der Waals surface area contributed by atoms with Crippen molar-refractivity contribution in [1.82, 2.24) is 14.5 Å². The van der Waals surface area contributed by atoms with Gasteiger partial charge >= 0.3 is 6.18 Å². The highest BCUT2D eigenvalue weighted by atomic mass is 19.4. The number of carbonyl (C=O) groups is 1. The predicted molar refractivity (Wildman–Crippen MR) is 145 cm³/mol. The van der Waals surface area contributed by atoms with Crippen molar-refractivity contribution in [2.24, 2.45) is 7.05 Å². The molecule has 5 aromatic rings. The molecule has 3 aromatic heterocycles. The topological polar surface area (TPSA) is 79.8 Å². The largest absolute Gasteiger partial charge is 0.393 e. The zero-order chi connectivity index (χ0) is 28.6. The number of anilines is 1. The minimum Gasteiger partial charge on any atom is -0.354 e. The highest BCUT2D eigenvalue weighted by Crippen LogP contribution is 2.39. The molecule has 0 fully saturated rings. The zero-order valence-electron chi connectivity index (χ0n) is 21.5. The van der Waals surface area contributed by atoms with Crippen LogP contribution in [0.4, 0.5) is 23.4 Å². The van der Waals surface area contributed by atoms with Crippen molar-refractivity contribution in [1.29, 1.82) is 0 Å². The molecule has 0 unspecified atom stereocenters. The van der Waals surface area contributed by atoms with Gasteiger partial charge in [-0.3, -0.25) is 9.59 Å². The van der Waals surface area contributed by atoms with E-state index < -0.39 is 29.9 Å². The van der Waals surface area contributed by atoms with Gasteiger partial charge in [0.25, 0.3) is 5.56 Å². The van der Waals surface area contributed by atoms with Crippen LogP contribution in [0.15, 0.2) is 83.9 Å². The number of H-pyrrole nitrogens is 1. The molecule has 1 amide bonds. The number of nitrogens with one attached hydrogen (secondary N) is 2. The Labute approximate surface area is 226 Å². The third-order valence-electron chi connectivity index (χ3n) is 6.72. The van der Waals surface area contributed by atoms with E-state index in [0.29, 0.717) is 27.9 Å². The van der Waals surface area contributed by atoms with Crippen molar-refractivity contribution in [3.63, 3.8) is 0 Å². The predicted octanol–water partition coefficient (Wildman–Crippen LogP) is 6.58. The molecule has 0 spiro atoms. The number of amides is 1. The van der Waals surface area contributed by atoms with Crippen LogP contribution in [0.3, 0.4) is 0 Å². The van der Waals surface area contributed by atoms with Gasteiger partial charge in [0.05, 0.1) is 28.9 Å². The standard InChI is InChI=1S/C30H24F4N4O2/c1-17(18-8-10-22(31)11-9-18)28(39)36-23-14-20(12-13-35-23)26-24(19-6-4-3-5-7-19)25-27(37-26)21(15-30(32,33)34)16-38(2)29(25)40/h3-14,16-17,37H,15H2,1-2H3,(H,35,36,39)/t17-/m1/s1. The highest BCUT2D eigenvalue weighted by molar-refractivity contribution is 6.05. The lowest BCUT2D eigenvalue weighted by Gasteiger charge is -2.13. The van der Waals surface area contributed by atoms with E-state index in [4.69, 9.17) is 0 Å². The SMILES string of the molecule is C[C@@H](C(=O)Nc1cc(-c2[nH]c3c(CC(F)(F)F)cn(C)c(=O)c3c2-c2ccccc2)ccn1)c1ccc(F)cc1. The maximum Gasteiger partial charge on any atom is 0.393 e. The highest BCUT2D eigenvalue weighted by Gasteiger charge is 2.31. The molecule has 0 aliphatic rings. The summed E-state index contributed by atoms with van der Waals surface area (Å²) in [6.45, 7) is 1.68. The number of carbonyl (C=O) groups excluding carboxylic acids is 1. The van der Waals surface area contributed by atoms with Crippen molar-refractivity contribution in [2.45, 2.75) is 25.4 Å². The van der Waals surface area contributed by atoms with Gasteiger partial charge in [-0.1, -0.05) is 42.5 Å². The fourth-order valence-corrected chi connectivity index (χ4v) is 4.74. The Morgan fingerprint density at radius 3 is 2.42 bits per heavy atom. The van der Waals surface area contributed by atoms with Gasteiger partial charge in [-0.2, -0.15) is 13.2 Å². The summed E-state index contributed by atoms with van der Waals surface area (Å²) in [5.74, 6) is -1.19. The van der Waals surface area contributed by atoms with Crippen LogP contribution in [-0.4, -0.2) is 26.6 Å². The molecule has 0 aliphatic carbocycles. The van der Waals surface area contributed by atoms with Gasteiger partial charge in [0.2, 0.25) is 5.91 Å². The molecule has 6 nitrogen and oxygen atoms in total. The molecule has 204 valence electrons. The lowest BCUT2D eigenvalue weighted by Crippen LogP contribution is -2.20. The van der Waals surface area contributed by atoms with E-state index in [1.165, 1.54) is 43.7 Å². The quantitative estimate of drug-likeness (QED) is 0.235. The lowest BCUT2D eigenvalue weighted by molar-refractivity contribution is -0.127. The molecular formula is C30H24F4N4O2. The van der Waals surface area contributed by atoms with Gasteiger partial charge in [0.1, 0.15) is 11.6 Å². The second kappa shape index (κ2) is 10.4. The summed E-state index contributed by atoms with van der Waals surface area (Å²) in [6, 6.07) is 17.7. The van der Waals surface area contributed by atoms with Crippen LogP contribution >= 0.6 is 0 Å². The maximum atomic E-state index is 13.5. The molecule has 3 heterocycles. The van der Waals surface area contributed by atoms with Crippen LogP contribution < -0.4 is 10.9 Å². The fraction of sp³-hybridized carbons (Fsp3) is 0.167. The van der Waals surface area contributed by atoms with Gasteiger partial charge in [0.15, 0.2) is 0 Å². The number of aryl methyl sites for hydroxylation is 1. The number of aromatic nitrogens is 3. The Balaban J connectivity index is 1.62. The second-order valence-electron chi connectivity index (χ2n) is 9.55. The Morgan fingerprint density at radius 2 is 1.75 bits per heavy atom. The molecule has 10 heteroatoms. The van der Waals surface area contributed by atoms with Crippen molar-refractivity contribution in [3.05, 3.63) is 106 Å². The summed E-state index contributed by atoms with van der Waals surface area (Å²) in [6.07, 6.45) is -3.05. The van der Waals surface area contributed by atoms with Gasteiger partial charge in [0, 0.05) is 36.1 Å². The monoisotopic (exact) mass is 548 g/mol. The van der Waals surface area contributed by atoms with E-state index in [0.717, 1.165) is 4.57 Å². The Morgan fingerprint density at radius 1 is 1.05 bits per heavy atom. The van der Waals surface area contributed by atoms with Crippen molar-refractivity contribution in [2.75, 3.05) is 5.32 Å². The normalized spacial score (nSPS) is 12.4. The number of aromatic amines is 1. The molecule has 0 saturated heterocycles. The third-order valence-corrected chi connectivity index (χ3v) is 6.72. The van der Waals surface area contributed by atoms with E-state index in [1.807, 2.05) is 0 Å². The molecule has 0 bridgehead atoms. The summed E-state index contributed by atoms with van der Waals surface area (Å²) in [5.41, 5.74) is 2.21. The minimum atomic E-state index is -4.49. The smallest absolute Gasteiger partial charge is 0.354 e. The van der Waals surface area contributed by atoms with E-state index in [2.05, 4.69) is 15.3 Å². The second-order valence-corrected chi connectivity index (χ2v) is 9.55. The van der Waals surface area contributed by atoms with Gasteiger partial charge in [-0.25, -0.2) is 9.37 Å². The van der Waals surface area contributed by atoms with Crippen molar-refractivity contribution >= 4 is 22.6 Å². The number of fused-ring (bicyclic) bond motifs is 1. The van der Waals surface area contributed by atoms with Gasteiger partial charge in [-0.05, 0) is 42.3 Å². The summed E-state index contributed by atoms with van der Waals surface area (Å²) < 4.78 is 54.9. The van der Waals surface area contributed by atoms with E-state index in [-0.39, 0.29) is 28.2 Å². The number of benzene rings is 2. The Hall–Kier alpha value is -4.73. The van der Waals surface area contributed by atoms with Crippen LogP contribution in [0.25, 0.3) is 33.3 Å². The number of pyridine rings is 2. The fourth-order valence-electron chi connectivity index (χ4n) is 4.74. The molecule has 2 aromatic carbocycles. The van der Waals surface area contributed by atoms with Crippen LogP contribution in [0.5, 0.6) is 0 Å². The number of hydrogen-bond donors (Lipinski definition) is 2. The van der Waals surface area contributed by atoms with Gasteiger partial charge in [-0.15, -0.1) is 0 Å². The van der Waals surface area contributed by atoms with Crippen LogP contribution in [0, 0.1) is 5.82 Å². The zero-order valence-corrected chi connectivity index (χ0v) is 21.5. The number of alkyl halides is 3. The average Bonchev–Trinajstić information content (AvgIpc) is 3.33. The lowest BCUT2D eigenvalue weighted by atomic mass is 9.98. The maximum absolute atomic E-state index is 13.5. The molecule has 0 aliphatic heterocycles. The van der Waals surface area contributed by atoms with E-state index >= 15 is 0 Å². The number of nitrogens with zero attached hydrogens (tertiary/aromatic N) is 2. The molecule has 5 rings (SSSR count). The summed E-state index contributed by atoms with van der Waals surface area (Å²) in [4.78, 5) is 33.5. The first-order valence-electron chi connectivity index (χ1n) is 12.4. The van der Waals surface area contributed by atoms with Crippen molar-refractivity contribution < 1.29 is 22.4 Å². The molecule has 1 atom stereocenters.